The number of hydroxylamine groups is 2. The number of nitrogens with zero attached hydrogens (tertiary/aromatic N) is 2. The smallest absolute Gasteiger partial charge is 0.333 e. The lowest BCUT2D eigenvalue weighted by atomic mass is 9.78. The average Bonchev–Trinajstić information content (AvgIpc) is 3.39. The van der Waals surface area contributed by atoms with E-state index in [1.165, 1.54) is 41.0 Å². The second kappa shape index (κ2) is 9.36. The first-order chi connectivity index (χ1) is 15.4. The van der Waals surface area contributed by atoms with E-state index < -0.39 is 0 Å². The summed E-state index contributed by atoms with van der Waals surface area (Å²) in [5.41, 5.74) is 9.58. The van der Waals surface area contributed by atoms with Gasteiger partial charge in [0, 0.05) is 30.8 Å². The number of amides is 2. The van der Waals surface area contributed by atoms with E-state index in [0.29, 0.717) is 11.8 Å². The fraction of sp³-hybridized carbons (Fsp3) is 0.480. The Hall–Kier alpha value is -2.80. The standard InChI is InChI=1S/C25H33FN4O2/c1-5-6-20(28-25(31)29(3)32-4)13-17-7-8-18-14-23-22(16(2)24(17)18)15-27-30(23)21-11-9-19(26)10-12-21/h9-12,14-17,20,27H,5-8,13H2,1-4H3,(H,28,31)/t16-,17+,20?/m0/s1. The largest absolute Gasteiger partial charge is 0.341 e. The summed E-state index contributed by atoms with van der Waals surface area (Å²) in [5, 5.41) is 6.41. The maximum absolute atomic E-state index is 13.4. The van der Waals surface area contributed by atoms with Crippen molar-refractivity contribution in [3.63, 3.8) is 0 Å². The van der Waals surface area contributed by atoms with Gasteiger partial charge in [0.1, 0.15) is 5.82 Å². The first-order valence-electron chi connectivity index (χ1n) is 11.5. The lowest BCUT2D eigenvalue weighted by Crippen LogP contribution is -2.43. The van der Waals surface area contributed by atoms with Gasteiger partial charge >= 0.3 is 6.03 Å². The van der Waals surface area contributed by atoms with Crippen molar-refractivity contribution in [1.82, 2.24) is 15.8 Å². The Morgan fingerprint density at radius 2 is 2.12 bits per heavy atom. The molecule has 0 fully saturated rings. The lowest BCUT2D eigenvalue weighted by Gasteiger charge is -2.31. The predicted molar refractivity (Wildman–Crippen MR) is 124 cm³/mol. The van der Waals surface area contributed by atoms with Crippen LogP contribution in [0.3, 0.4) is 0 Å². The van der Waals surface area contributed by atoms with Gasteiger partial charge in [-0.05, 0) is 67.5 Å². The van der Waals surface area contributed by atoms with Crippen LogP contribution in [0.1, 0.15) is 46.0 Å². The van der Waals surface area contributed by atoms with E-state index in [-0.39, 0.29) is 17.9 Å². The molecule has 3 atom stereocenters. The average molecular weight is 441 g/mol. The third-order valence-corrected chi connectivity index (χ3v) is 6.88. The molecule has 7 heteroatoms. The van der Waals surface area contributed by atoms with Crippen LogP contribution in [0.2, 0.25) is 0 Å². The van der Waals surface area contributed by atoms with Gasteiger partial charge in [-0.25, -0.2) is 14.2 Å². The van der Waals surface area contributed by atoms with Crippen molar-refractivity contribution in [2.45, 2.75) is 52.0 Å². The van der Waals surface area contributed by atoms with Crippen molar-refractivity contribution in [1.29, 1.82) is 0 Å². The molecule has 3 aliphatic rings. The minimum absolute atomic E-state index is 0.117. The fourth-order valence-electron chi connectivity index (χ4n) is 5.25. The number of allylic oxidation sites excluding steroid dienone is 4. The third kappa shape index (κ3) is 4.26. The van der Waals surface area contributed by atoms with Crippen LogP contribution in [-0.4, -0.2) is 31.3 Å². The summed E-state index contributed by atoms with van der Waals surface area (Å²) in [4.78, 5) is 17.4. The quantitative estimate of drug-likeness (QED) is 0.584. The number of hydrazine groups is 1. The van der Waals surface area contributed by atoms with Gasteiger partial charge in [-0.1, -0.05) is 25.8 Å². The third-order valence-electron chi connectivity index (χ3n) is 6.88. The Morgan fingerprint density at radius 3 is 2.81 bits per heavy atom. The highest BCUT2D eigenvalue weighted by atomic mass is 19.1. The number of nitrogens with one attached hydrogen (secondary N) is 2. The maximum Gasteiger partial charge on any atom is 0.341 e. The van der Waals surface area contributed by atoms with E-state index in [4.69, 9.17) is 4.84 Å². The van der Waals surface area contributed by atoms with Crippen molar-refractivity contribution in [2.24, 2.45) is 11.8 Å². The number of urea groups is 1. The second-order valence-electron chi connectivity index (χ2n) is 8.86. The molecule has 4 rings (SSSR count). The van der Waals surface area contributed by atoms with Crippen molar-refractivity contribution in [3.8, 4) is 0 Å². The van der Waals surface area contributed by atoms with Crippen LogP contribution in [0.4, 0.5) is 14.9 Å². The molecule has 6 nitrogen and oxygen atoms in total. The summed E-state index contributed by atoms with van der Waals surface area (Å²) in [6, 6.07) is 6.48. The van der Waals surface area contributed by atoms with E-state index in [2.05, 4.69) is 36.9 Å². The summed E-state index contributed by atoms with van der Waals surface area (Å²) >= 11 is 0. The molecule has 2 amide bonds. The van der Waals surface area contributed by atoms with Crippen LogP contribution >= 0.6 is 0 Å². The molecule has 0 radical (unpaired) electrons. The predicted octanol–water partition coefficient (Wildman–Crippen LogP) is 5.04. The Labute approximate surface area is 189 Å². The minimum Gasteiger partial charge on any atom is -0.333 e. The van der Waals surface area contributed by atoms with E-state index in [1.807, 2.05) is 5.01 Å². The molecular weight excluding hydrogens is 407 g/mol. The molecule has 172 valence electrons. The normalized spacial score (nSPS) is 22.6. The Morgan fingerprint density at radius 1 is 1.38 bits per heavy atom. The molecule has 32 heavy (non-hydrogen) atoms. The monoisotopic (exact) mass is 440 g/mol. The van der Waals surface area contributed by atoms with Crippen LogP contribution in [0.15, 0.2) is 59.0 Å². The summed E-state index contributed by atoms with van der Waals surface area (Å²) in [6.45, 7) is 4.42. The molecule has 1 heterocycles. The Kier molecular flexibility index (Phi) is 6.55. The van der Waals surface area contributed by atoms with E-state index in [1.54, 1.807) is 19.2 Å². The van der Waals surface area contributed by atoms with Gasteiger partial charge in [0.2, 0.25) is 0 Å². The number of fused-ring (bicyclic) bond motifs is 1. The Balaban J connectivity index is 1.54. The number of halogens is 1. The van der Waals surface area contributed by atoms with Gasteiger partial charge < -0.3 is 10.7 Å². The molecule has 0 saturated carbocycles. The molecule has 1 aromatic rings. The van der Waals surface area contributed by atoms with Crippen molar-refractivity contribution < 1.29 is 14.0 Å². The van der Waals surface area contributed by atoms with E-state index in [0.717, 1.165) is 43.5 Å². The van der Waals surface area contributed by atoms with Crippen LogP contribution in [-0.2, 0) is 4.84 Å². The molecule has 2 aliphatic carbocycles. The molecule has 0 spiro atoms. The van der Waals surface area contributed by atoms with Gasteiger partial charge in [-0.3, -0.25) is 9.85 Å². The molecule has 2 N–H and O–H groups in total. The second-order valence-corrected chi connectivity index (χ2v) is 8.86. The van der Waals surface area contributed by atoms with Gasteiger partial charge in [-0.15, -0.1) is 0 Å². The molecular formula is C25H33FN4O2. The van der Waals surface area contributed by atoms with Crippen LogP contribution in [0, 0.1) is 17.7 Å². The first-order valence-corrected chi connectivity index (χ1v) is 11.5. The zero-order valence-corrected chi connectivity index (χ0v) is 19.3. The van der Waals surface area contributed by atoms with Crippen molar-refractivity contribution in [2.75, 3.05) is 19.2 Å². The van der Waals surface area contributed by atoms with Crippen molar-refractivity contribution >= 4 is 11.7 Å². The number of carbonyl (C=O) groups excluding carboxylic acids is 1. The highest BCUT2D eigenvalue weighted by molar-refractivity contribution is 5.73. The molecule has 1 unspecified atom stereocenters. The maximum atomic E-state index is 13.4. The highest BCUT2D eigenvalue weighted by Gasteiger charge is 2.38. The number of benzene rings is 1. The molecule has 1 aliphatic heterocycles. The van der Waals surface area contributed by atoms with Crippen molar-refractivity contribution in [3.05, 3.63) is 64.8 Å². The topological polar surface area (TPSA) is 56.8 Å². The zero-order chi connectivity index (χ0) is 22.8. The Bertz CT molecular complexity index is 953. The summed E-state index contributed by atoms with van der Waals surface area (Å²) in [6.07, 6.45) is 9.40. The van der Waals surface area contributed by atoms with Gasteiger partial charge in [0.05, 0.1) is 18.5 Å². The van der Waals surface area contributed by atoms with E-state index in [9.17, 15) is 9.18 Å². The molecule has 1 aromatic carbocycles. The fourth-order valence-corrected chi connectivity index (χ4v) is 5.25. The molecule has 0 saturated heterocycles. The molecule has 0 aromatic heterocycles. The first kappa shape index (κ1) is 22.4. The van der Waals surface area contributed by atoms with Crippen LogP contribution in [0.25, 0.3) is 0 Å². The summed E-state index contributed by atoms with van der Waals surface area (Å²) in [7, 11) is 3.12. The number of anilines is 1. The van der Waals surface area contributed by atoms with E-state index >= 15 is 0 Å². The number of carbonyl (C=O) groups is 1. The summed E-state index contributed by atoms with van der Waals surface area (Å²) in [5.74, 6) is 0.513. The molecule has 0 bridgehead atoms. The summed E-state index contributed by atoms with van der Waals surface area (Å²) < 4.78 is 13.4. The highest BCUT2D eigenvalue weighted by Crippen LogP contribution is 2.49. The minimum atomic E-state index is -0.235. The number of hydrogen-bond acceptors (Lipinski definition) is 4. The van der Waals surface area contributed by atoms with Gasteiger partial charge in [0.25, 0.3) is 0 Å². The van der Waals surface area contributed by atoms with Gasteiger partial charge in [0.15, 0.2) is 0 Å². The lowest BCUT2D eigenvalue weighted by molar-refractivity contribution is -0.0657. The zero-order valence-electron chi connectivity index (χ0n) is 19.3. The van der Waals surface area contributed by atoms with Crippen LogP contribution in [0.5, 0.6) is 0 Å². The van der Waals surface area contributed by atoms with Crippen LogP contribution < -0.4 is 15.8 Å². The van der Waals surface area contributed by atoms with Gasteiger partial charge in [-0.2, -0.15) is 0 Å². The number of rotatable bonds is 7. The number of hydrogen-bond donors (Lipinski definition) is 2. The SMILES string of the molecule is CCCC(C[C@H]1CCC2=C1[C@@H](C)C1=CNN(c3ccc(F)cc3)C1=C2)NC(=O)N(C)OC.